The lowest BCUT2D eigenvalue weighted by Crippen LogP contribution is -2.50. The van der Waals surface area contributed by atoms with Crippen LogP contribution in [0.1, 0.15) is 45.4 Å². The molecule has 0 radical (unpaired) electrons. The molecule has 0 saturated carbocycles. The lowest BCUT2D eigenvalue weighted by atomic mass is 9.97. The Morgan fingerprint density at radius 1 is 1.26 bits per heavy atom. The van der Waals surface area contributed by atoms with Crippen molar-refractivity contribution in [3.8, 4) is 0 Å². The maximum atomic E-state index is 12.1. The molecule has 2 aliphatic rings. The molecule has 128 valence electrons. The van der Waals surface area contributed by atoms with Gasteiger partial charge in [-0.25, -0.2) is 5.01 Å². The van der Waals surface area contributed by atoms with Crippen LogP contribution >= 0.6 is 12.2 Å². The van der Waals surface area contributed by atoms with Crippen molar-refractivity contribution in [2.45, 2.75) is 45.4 Å². The van der Waals surface area contributed by atoms with Crippen LogP contribution in [0.5, 0.6) is 0 Å². The van der Waals surface area contributed by atoms with Gasteiger partial charge in [-0.3, -0.25) is 14.6 Å². The van der Waals surface area contributed by atoms with Gasteiger partial charge in [-0.05, 0) is 50.7 Å². The number of hydrazine groups is 1. The number of rotatable bonds is 5. The van der Waals surface area contributed by atoms with Gasteiger partial charge in [0.05, 0.1) is 0 Å². The fraction of sp³-hybridized carbons (Fsp3) is 0.688. The summed E-state index contributed by atoms with van der Waals surface area (Å²) in [5.74, 6) is -0.692. The second-order valence-corrected chi connectivity index (χ2v) is 6.25. The Bertz CT molecular complexity index is 493. The quantitative estimate of drug-likeness (QED) is 0.468. The Kier molecular flexibility index (Phi) is 6.83. The van der Waals surface area contributed by atoms with Gasteiger partial charge in [0, 0.05) is 26.6 Å². The molecule has 0 aromatic heterocycles. The van der Waals surface area contributed by atoms with Gasteiger partial charge in [-0.15, -0.1) is 0 Å². The van der Waals surface area contributed by atoms with E-state index >= 15 is 0 Å². The molecule has 0 bridgehead atoms. The van der Waals surface area contributed by atoms with Gasteiger partial charge in [-0.2, -0.15) is 0 Å². The Morgan fingerprint density at radius 2 is 2.04 bits per heavy atom. The van der Waals surface area contributed by atoms with E-state index < -0.39 is 5.97 Å². The smallest absolute Gasteiger partial charge is 0.303 e. The molecule has 1 fully saturated rings. The summed E-state index contributed by atoms with van der Waals surface area (Å²) in [7, 11) is 0. The van der Waals surface area contributed by atoms with Crippen LogP contribution in [0.25, 0.3) is 0 Å². The van der Waals surface area contributed by atoms with E-state index in [-0.39, 0.29) is 12.5 Å². The molecule has 1 amide bonds. The summed E-state index contributed by atoms with van der Waals surface area (Å²) < 4.78 is 4.78. The van der Waals surface area contributed by atoms with Crippen LogP contribution in [0.2, 0.25) is 0 Å². The first-order valence-electron chi connectivity index (χ1n) is 8.25. The van der Waals surface area contributed by atoms with Gasteiger partial charge >= 0.3 is 5.97 Å². The molecule has 1 aliphatic heterocycles. The van der Waals surface area contributed by atoms with Gasteiger partial charge in [0.25, 0.3) is 5.91 Å². The van der Waals surface area contributed by atoms with E-state index in [4.69, 9.17) is 17.0 Å². The van der Waals surface area contributed by atoms with Crippen molar-refractivity contribution < 1.29 is 14.3 Å². The molecule has 1 N–H and O–H groups in total. The number of nitrogens with one attached hydrogen (secondary N) is 1. The third-order valence-corrected chi connectivity index (χ3v) is 4.41. The highest BCUT2D eigenvalue weighted by Crippen LogP contribution is 2.19. The van der Waals surface area contributed by atoms with E-state index in [1.54, 1.807) is 10.0 Å². The molecule has 7 heteroatoms. The summed E-state index contributed by atoms with van der Waals surface area (Å²) in [6, 6.07) is 0. The van der Waals surface area contributed by atoms with Crippen molar-refractivity contribution >= 4 is 29.2 Å². The molecule has 2 rings (SSSR count). The minimum Gasteiger partial charge on any atom is -0.456 e. The zero-order chi connectivity index (χ0) is 16.7. The number of carbonyl (C=O) groups excluding carboxylic acids is 2. The average Bonchev–Trinajstić information content (AvgIpc) is 3.03. The van der Waals surface area contributed by atoms with Crippen molar-refractivity contribution in [1.82, 2.24) is 15.3 Å². The van der Waals surface area contributed by atoms with Gasteiger partial charge in [0.2, 0.25) is 0 Å². The molecule has 6 nitrogen and oxygen atoms in total. The zero-order valence-corrected chi connectivity index (χ0v) is 14.5. The number of hydrogen-bond acceptors (Lipinski definition) is 4. The number of esters is 1. The number of ether oxygens (including phenoxy) is 1. The third-order valence-electron chi connectivity index (χ3n) is 4.06. The molecule has 0 spiro atoms. The Labute approximate surface area is 142 Å². The van der Waals surface area contributed by atoms with Crippen LogP contribution in [-0.2, 0) is 14.3 Å². The predicted molar refractivity (Wildman–Crippen MR) is 91.4 cm³/mol. The first kappa shape index (κ1) is 17.7. The molecule has 0 atom stereocenters. The highest BCUT2D eigenvalue weighted by Gasteiger charge is 2.28. The average molecular weight is 339 g/mol. The van der Waals surface area contributed by atoms with Crippen molar-refractivity contribution in [2.24, 2.45) is 0 Å². The molecule has 23 heavy (non-hydrogen) atoms. The van der Waals surface area contributed by atoms with Crippen LogP contribution in [0.4, 0.5) is 0 Å². The molecule has 1 aliphatic carbocycles. The van der Waals surface area contributed by atoms with E-state index in [1.165, 1.54) is 38.2 Å². The molecule has 0 unspecified atom stereocenters. The molecule has 1 saturated heterocycles. The van der Waals surface area contributed by atoms with Crippen LogP contribution in [0, 0.1) is 0 Å². The van der Waals surface area contributed by atoms with Crippen LogP contribution in [0.3, 0.4) is 0 Å². The normalized spacial score (nSPS) is 17.7. The molecule has 0 aromatic rings. The summed E-state index contributed by atoms with van der Waals surface area (Å²) in [5, 5.41) is 7.14. The third kappa shape index (κ3) is 5.49. The minimum atomic E-state index is -0.453. The second-order valence-electron chi connectivity index (χ2n) is 5.86. The lowest BCUT2D eigenvalue weighted by molar-refractivity contribution is -0.154. The number of hydrogen-bond donors (Lipinski definition) is 1. The van der Waals surface area contributed by atoms with Gasteiger partial charge in [0.1, 0.15) is 0 Å². The van der Waals surface area contributed by atoms with Gasteiger partial charge in [-0.1, -0.05) is 11.6 Å². The van der Waals surface area contributed by atoms with Crippen molar-refractivity contribution in [3.05, 3.63) is 11.6 Å². The first-order valence-corrected chi connectivity index (χ1v) is 8.65. The van der Waals surface area contributed by atoms with E-state index in [0.717, 1.165) is 19.4 Å². The largest absolute Gasteiger partial charge is 0.456 e. The zero-order valence-electron chi connectivity index (χ0n) is 13.7. The van der Waals surface area contributed by atoms with E-state index in [9.17, 15) is 9.59 Å². The number of amides is 1. The van der Waals surface area contributed by atoms with Crippen molar-refractivity contribution in [1.29, 1.82) is 0 Å². The fourth-order valence-electron chi connectivity index (χ4n) is 2.87. The minimum absolute atomic E-state index is 0.235. The molecular formula is C16H25N3O3S. The Morgan fingerprint density at radius 3 is 2.74 bits per heavy atom. The highest BCUT2D eigenvalue weighted by atomic mass is 32.1. The van der Waals surface area contributed by atoms with Crippen LogP contribution in [0.15, 0.2) is 11.6 Å². The SMILES string of the molecule is CC(=O)OCC(=O)N1CCCN1C(=S)NCCC1=CCCCC1. The summed E-state index contributed by atoms with van der Waals surface area (Å²) >= 11 is 5.41. The monoisotopic (exact) mass is 339 g/mol. The first-order chi connectivity index (χ1) is 11.1. The highest BCUT2D eigenvalue weighted by molar-refractivity contribution is 7.80. The maximum absolute atomic E-state index is 12.1. The second kappa shape index (κ2) is 8.86. The maximum Gasteiger partial charge on any atom is 0.303 e. The number of allylic oxidation sites excluding steroid dienone is 1. The van der Waals surface area contributed by atoms with E-state index in [2.05, 4.69) is 11.4 Å². The topological polar surface area (TPSA) is 61.9 Å². The molecule has 1 heterocycles. The summed E-state index contributed by atoms with van der Waals surface area (Å²) in [5.41, 5.74) is 1.50. The van der Waals surface area contributed by atoms with E-state index in [1.807, 2.05) is 0 Å². The van der Waals surface area contributed by atoms with Crippen molar-refractivity contribution in [2.75, 3.05) is 26.2 Å². The number of carbonyl (C=O) groups is 2. The molecule has 0 aromatic carbocycles. The van der Waals surface area contributed by atoms with Gasteiger partial charge in [0.15, 0.2) is 11.7 Å². The summed E-state index contributed by atoms with van der Waals surface area (Å²) in [6.45, 7) is 3.16. The number of nitrogens with zero attached hydrogens (tertiary/aromatic N) is 2. The number of thiocarbonyl (C=S) groups is 1. The fourth-order valence-corrected chi connectivity index (χ4v) is 3.16. The summed E-state index contributed by atoms with van der Waals surface area (Å²) in [6.07, 6.45) is 9.13. The Hall–Kier alpha value is -1.63. The standard InChI is InChI=1S/C16H25N3O3S/c1-13(20)22-12-15(21)18-10-5-11-19(18)16(23)17-9-8-14-6-3-2-4-7-14/h6H,2-5,7-12H2,1H3,(H,17,23). The predicted octanol–water partition coefficient (Wildman–Crippen LogP) is 1.76. The van der Waals surface area contributed by atoms with E-state index in [0.29, 0.717) is 18.2 Å². The summed E-state index contributed by atoms with van der Waals surface area (Å²) in [4.78, 5) is 22.9. The molecular weight excluding hydrogens is 314 g/mol. The van der Waals surface area contributed by atoms with Gasteiger partial charge < -0.3 is 10.1 Å². The van der Waals surface area contributed by atoms with Crippen molar-refractivity contribution in [3.63, 3.8) is 0 Å². The lowest BCUT2D eigenvalue weighted by Gasteiger charge is -2.30. The Balaban J connectivity index is 1.76. The van der Waals surface area contributed by atoms with Crippen LogP contribution < -0.4 is 5.32 Å². The van der Waals surface area contributed by atoms with Crippen LogP contribution in [-0.4, -0.2) is 53.2 Å².